The molecule has 0 radical (unpaired) electrons. The zero-order valence-corrected chi connectivity index (χ0v) is 11.4. The maximum atomic E-state index is 11.8. The van der Waals surface area contributed by atoms with Crippen LogP contribution in [0.2, 0.25) is 0 Å². The number of aromatic amines is 1. The predicted octanol–water partition coefficient (Wildman–Crippen LogP) is -0.575. The van der Waals surface area contributed by atoms with Crippen LogP contribution in [0.5, 0.6) is 0 Å². The zero-order valence-electron chi connectivity index (χ0n) is 11.4. The SMILES string of the molecule is O=C(N[C@@H](CO)C(=O)Nc1nn[nH]n1)OCc1ccccc1. The molecule has 2 aromatic rings. The lowest BCUT2D eigenvalue weighted by Crippen LogP contribution is -2.46. The van der Waals surface area contributed by atoms with Gasteiger partial charge in [0.1, 0.15) is 12.6 Å². The van der Waals surface area contributed by atoms with Gasteiger partial charge in [0.2, 0.25) is 0 Å². The summed E-state index contributed by atoms with van der Waals surface area (Å²) >= 11 is 0. The van der Waals surface area contributed by atoms with Gasteiger partial charge in [-0.2, -0.15) is 5.21 Å². The molecular formula is C12H14N6O4. The number of carbonyl (C=O) groups is 2. The Labute approximate surface area is 124 Å². The fourth-order valence-corrected chi connectivity index (χ4v) is 1.51. The van der Waals surface area contributed by atoms with Crippen LogP contribution in [0.25, 0.3) is 0 Å². The lowest BCUT2D eigenvalue weighted by molar-refractivity contribution is -0.119. The molecule has 1 aromatic heterocycles. The quantitative estimate of drug-likeness (QED) is 0.559. The van der Waals surface area contributed by atoms with Crippen molar-refractivity contribution in [1.29, 1.82) is 0 Å². The van der Waals surface area contributed by atoms with Gasteiger partial charge in [0.25, 0.3) is 11.9 Å². The number of benzene rings is 1. The van der Waals surface area contributed by atoms with Crippen molar-refractivity contribution in [3.05, 3.63) is 35.9 Å². The highest BCUT2D eigenvalue weighted by Gasteiger charge is 2.21. The van der Waals surface area contributed by atoms with Gasteiger partial charge in [-0.3, -0.25) is 10.1 Å². The van der Waals surface area contributed by atoms with E-state index in [1.807, 2.05) is 18.2 Å². The van der Waals surface area contributed by atoms with Gasteiger partial charge in [-0.25, -0.2) is 4.79 Å². The molecule has 0 bridgehead atoms. The van der Waals surface area contributed by atoms with E-state index >= 15 is 0 Å². The Morgan fingerprint density at radius 1 is 1.32 bits per heavy atom. The number of tetrazole rings is 1. The van der Waals surface area contributed by atoms with Crippen molar-refractivity contribution in [1.82, 2.24) is 25.9 Å². The number of hydrogen-bond acceptors (Lipinski definition) is 7. The third kappa shape index (κ3) is 4.52. The van der Waals surface area contributed by atoms with Gasteiger partial charge in [0.15, 0.2) is 0 Å². The molecule has 0 unspecified atom stereocenters. The lowest BCUT2D eigenvalue weighted by Gasteiger charge is -2.14. The molecule has 1 aromatic carbocycles. The smallest absolute Gasteiger partial charge is 0.408 e. The van der Waals surface area contributed by atoms with Crippen molar-refractivity contribution in [3.63, 3.8) is 0 Å². The molecule has 0 aliphatic heterocycles. The first-order valence-electron chi connectivity index (χ1n) is 6.31. The van der Waals surface area contributed by atoms with E-state index in [-0.39, 0.29) is 12.6 Å². The van der Waals surface area contributed by atoms with Gasteiger partial charge in [-0.05, 0) is 10.8 Å². The summed E-state index contributed by atoms with van der Waals surface area (Å²) in [4.78, 5) is 23.4. The van der Waals surface area contributed by atoms with Crippen molar-refractivity contribution in [2.45, 2.75) is 12.6 Å². The number of anilines is 1. The Morgan fingerprint density at radius 2 is 2.09 bits per heavy atom. The predicted molar refractivity (Wildman–Crippen MR) is 73.4 cm³/mol. The van der Waals surface area contributed by atoms with Gasteiger partial charge in [-0.1, -0.05) is 35.4 Å². The fourth-order valence-electron chi connectivity index (χ4n) is 1.51. The number of H-pyrrole nitrogens is 1. The molecule has 2 amide bonds. The number of aromatic nitrogens is 4. The number of hydrogen-bond donors (Lipinski definition) is 4. The zero-order chi connectivity index (χ0) is 15.8. The number of nitrogens with one attached hydrogen (secondary N) is 3. The number of amides is 2. The van der Waals surface area contributed by atoms with E-state index in [4.69, 9.17) is 9.84 Å². The number of rotatable bonds is 6. The number of aliphatic hydroxyl groups is 1. The van der Waals surface area contributed by atoms with E-state index in [1.165, 1.54) is 0 Å². The van der Waals surface area contributed by atoms with Crippen LogP contribution in [0.3, 0.4) is 0 Å². The van der Waals surface area contributed by atoms with Crippen molar-refractivity contribution < 1.29 is 19.4 Å². The topological polar surface area (TPSA) is 142 Å². The van der Waals surface area contributed by atoms with Crippen LogP contribution in [-0.2, 0) is 16.1 Å². The standard InChI is InChI=1S/C12H14N6O4/c19-6-9(10(20)14-11-15-17-18-16-11)13-12(21)22-7-8-4-2-1-3-5-8/h1-5,9,19H,6-7H2,(H,13,21)(H2,14,15,16,17,18,20)/t9-/m0/s1. The Morgan fingerprint density at radius 3 is 2.73 bits per heavy atom. The van der Waals surface area contributed by atoms with Crippen LogP contribution in [0.4, 0.5) is 10.7 Å². The number of alkyl carbamates (subject to hydrolysis) is 1. The number of carbonyl (C=O) groups excluding carboxylic acids is 2. The third-order valence-electron chi connectivity index (χ3n) is 2.58. The van der Waals surface area contributed by atoms with Crippen molar-refractivity contribution in [2.24, 2.45) is 0 Å². The normalized spacial score (nSPS) is 11.5. The molecule has 0 aliphatic carbocycles. The lowest BCUT2D eigenvalue weighted by atomic mass is 10.2. The fraction of sp³-hybridized carbons (Fsp3) is 0.250. The minimum Gasteiger partial charge on any atom is -0.445 e. The maximum absolute atomic E-state index is 11.8. The molecule has 0 saturated heterocycles. The Kier molecular flexibility index (Phi) is 5.37. The van der Waals surface area contributed by atoms with Crippen LogP contribution in [-0.4, -0.2) is 50.4 Å². The third-order valence-corrected chi connectivity index (χ3v) is 2.58. The summed E-state index contributed by atoms with van der Waals surface area (Å²) in [6.07, 6.45) is -0.828. The van der Waals surface area contributed by atoms with E-state index in [1.54, 1.807) is 12.1 Å². The summed E-state index contributed by atoms with van der Waals surface area (Å²) < 4.78 is 4.95. The molecule has 2 rings (SSSR count). The van der Waals surface area contributed by atoms with Crippen molar-refractivity contribution in [2.75, 3.05) is 11.9 Å². The number of nitrogens with zero attached hydrogens (tertiary/aromatic N) is 3. The Bertz CT molecular complexity index is 603. The van der Waals surface area contributed by atoms with Crippen LogP contribution in [0.1, 0.15) is 5.56 Å². The average molecular weight is 306 g/mol. The Hall–Kier alpha value is -3.01. The molecule has 10 heteroatoms. The van der Waals surface area contributed by atoms with Gasteiger partial charge < -0.3 is 15.2 Å². The molecule has 10 nitrogen and oxygen atoms in total. The first-order valence-corrected chi connectivity index (χ1v) is 6.31. The second-order valence-electron chi connectivity index (χ2n) is 4.17. The van der Waals surface area contributed by atoms with Crippen LogP contribution in [0, 0.1) is 0 Å². The van der Waals surface area contributed by atoms with Gasteiger partial charge >= 0.3 is 6.09 Å². The minimum absolute atomic E-state index is 0.0529. The van der Waals surface area contributed by atoms with Crippen molar-refractivity contribution >= 4 is 17.9 Å². The molecule has 0 aliphatic rings. The highest BCUT2D eigenvalue weighted by Crippen LogP contribution is 2.01. The average Bonchev–Trinajstić information content (AvgIpc) is 3.04. The second kappa shape index (κ2) is 7.69. The molecule has 1 atom stereocenters. The van der Waals surface area contributed by atoms with Crippen LogP contribution >= 0.6 is 0 Å². The molecule has 4 N–H and O–H groups in total. The summed E-state index contributed by atoms with van der Waals surface area (Å²) in [5.41, 5.74) is 0.800. The van der Waals surface area contributed by atoms with Gasteiger partial charge in [0, 0.05) is 0 Å². The van der Waals surface area contributed by atoms with Crippen molar-refractivity contribution in [3.8, 4) is 0 Å². The van der Waals surface area contributed by atoms with E-state index in [2.05, 4.69) is 31.3 Å². The van der Waals surface area contributed by atoms with E-state index in [0.717, 1.165) is 5.56 Å². The molecule has 0 fully saturated rings. The van der Waals surface area contributed by atoms with Gasteiger partial charge in [-0.15, -0.1) is 5.10 Å². The summed E-state index contributed by atoms with van der Waals surface area (Å²) in [6.45, 7) is -0.554. The number of ether oxygens (including phenoxy) is 1. The summed E-state index contributed by atoms with van der Waals surface area (Å²) in [5, 5.41) is 26.1. The van der Waals surface area contributed by atoms with E-state index in [9.17, 15) is 9.59 Å². The summed E-state index contributed by atoms with van der Waals surface area (Å²) in [5.74, 6) is -0.761. The highest BCUT2D eigenvalue weighted by atomic mass is 16.5. The van der Waals surface area contributed by atoms with Gasteiger partial charge in [0.05, 0.1) is 6.61 Å². The first kappa shape index (κ1) is 15.4. The first-order chi connectivity index (χ1) is 10.7. The summed E-state index contributed by atoms with van der Waals surface area (Å²) in [7, 11) is 0. The molecule has 1 heterocycles. The monoisotopic (exact) mass is 306 g/mol. The highest BCUT2D eigenvalue weighted by molar-refractivity contribution is 5.95. The largest absolute Gasteiger partial charge is 0.445 e. The maximum Gasteiger partial charge on any atom is 0.408 e. The molecule has 0 saturated carbocycles. The molecule has 116 valence electrons. The summed E-state index contributed by atoms with van der Waals surface area (Å²) in [6, 6.07) is 7.85. The number of aliphatic hydroxyl groups excluding tert-OH is 1. The van der Waals surface area contributed by atoms with Crippen LogP contribution in [0.15, 0.2) is 30.3 Å². The molecule has 0 spiro atoms. The minimum atomic E-state index is -1.19. The molecular weight excluding hydrogens is 292 g/mol. The van der Waals surface area contributed by atoms with E-state index in [0.29, 0.717) is 0 Å². The van der Waals surface area contributed by atoms with Crippen LogP contribution < -0.4 is 10.6 Å². The Balaban J connectivity index is 1.81. The van der Waals surface area contributed by atoms with E-state index < -0.39 is 24.6 Å². The molecule has 22 heavy (non-hydrogen) atoms. The second-order valence-corrected chi connectivity index (χ2v) is 4.17.